The fourth-order valence-corrected chi connectivity index (χ4v) is 3.73. The Hall–Kier alpha value is -2.93. The number of carbonyl (C=O) groups is 2. The Morgan fingerprint density at radius 2 is 2.00 bits per heavy atom. The molecule has 1 aliphatic rings. The van der Waals surface area contributed by atoms with E-state index in [1.807, 2.05) is 52.3 Å². The van der Waals surface area contributed by atoms with Gasteiger partial charge in [-0.3, -0.25) is 19.5 Å². The summed E-state index contributed by atoms with van der Waals surface area (Å²) in [5.74, 6) is 0.359. The van der Waals surface area contributed by atoms with E-state index in [4.69, 9.17) is 10.5 Å². The minimum atomic E-state index is -0.360. The molecular formula is C22H28N4O3. The van der Waals surface area contributed by atoms with Gasteiger partial charge in [-0.25, -0.2) is 0 Å². The molecule has 0 aliphatic carbocycles. The lowest BCUT2D eigenvalue weighted by Crippen LogP contribution is -2.46. The van der Waals surface area contributed by atoms with Crippen molar-refractivity contribution in [1.82, 2.24) is 14.8 Å². The summed E-state index contributed by atoms with van der Waals surface area (Å²) in [6, 6.07) is 13.4. The van der Waals surface area contributed by atoms with Crippen molar-refractivity contribution in [2.75, 3.05) is 26.7 Å². The van der Waals surface area contributed by atoms with Gasteiger partial charge in [0.15, 0.2) is 0 Å². The average molecular weight is 396 g/mol. The summed E-state index contributed by atoms with van der Waals surface area (Å²) in [6.45, 7) is 2.49. The highest BCUT2D eigenvalue weighted by atomic mass is 16.5. The normalized spacial score (nSPS) is 16.9. The summed E-state index contributed by atoms with van der Waals surface area (Å²) in [7, 11) is 1.63. The number of ether oxygens (including phenoxy) is 1. The van der Waals surface area contributed by atoms with Crippen LogP contribution >= 0.6 is 0 Å². The lowest BCUT2D eigenvalue weighted by atomic mass is 9.96. The number of primary amides is 1. The molecule has 2 amide bonds. The summed E-state index contributed by atoms with van der Waals surface area (Å²) >= 11 is 0. The Morgan fingerprint density at radius 1 is 1.21 bits per heavy atom. The second-order valence-electron chi connectivity index (χ2n) is 7.40. The number of benzene rings is 1. The minimum Gasteiger partial charge on any atom is -0.497 e. The maximum absolute atomic E-state index is 13.4. The SMILES string of the molecule is COc1ccc(CN(Cc2ccccn2)C(=O)C2CCCN(CC(N)=O)C2)cc1. The fraction of sp³-hybridized carbons (Fsp3) is 0.409. The molecule has 0 saturated carbocycles. The number of nitrogens with two attached hydrogens (primary N) is 1. The number of piperidine rings is 1. The number of pyridine rings is 1. The van der Waals surface area contributed by atoms with Crippen molar-refractivity contribution in [2.45, 2.75) is 25.9 Å². The van der Waals surface area contributed by atoms with Crippen molar-refractivity contribution in [2.24, 2.45) is 11.7 Å². The molecule has 2 N–H and O–H groups in total. The molecule has 1 atom stereocenters. The van der Waals surface area contributed by atoms with E-state index in [2.05, 4.69) is 4.98 Å². The highest BCUT2D eigenvalue weighted by Crippen LogP contribution is 2.22. The number of amides is 2. The van der Waals surface area contributed by atoms with Crippen LogP contribution in [0.5, 0.6) is 5.75 Å². The first-order chi connectivity index (χ1) is 14.0. The summed E-state index contributed by atoms with van der Waals surface area (Å²) in [4.78, 5) is 32.9. The molecule has 2 aromatic rings. The van der Waals surface area contributed by atoms with Gasteiger partial charge in [-0.15, -0.1) is 0 Å². The minimum absolute atomic E-state index is 0.0839. The van der Waals surface area contributed by atoms with Crippen LogP contribution in [0.2, 0.25) is 0 Å². The van der Waals surface area contributed by atoms with Gasteiger partial charge in [0.2, 0.25) is 11.8 Å². The van der Waals surface area contributed by atoms with Gasteiger partial charge in [0.05, 0.1) is 31.8 Å². The van der Waals surface area contributed by atoms with Gasteiger partial charge in [-0.05, 0) is 49.2 Å². The van der Waals surface area contributed by atoms with E-state index in [9.17, 15) is 9.59 Å². The number of hydrogen-bond donors (Lipinski definition) is 1. The van der Waals surface area contributed by atoms with Crippen LogP contribution in [0.3, 0.4) is 0 Å². The van der Waals surface area contributed by atoms with E-state index in [0.717, 1.165) is 36.4 Å². The van der Waals surface area contributed by atoms with E-state index in [1.165, 1.54) is 0 Å². The van der Waals surface area contributed by atoms with Crippen molar-refractivity contribution >= 4 is 11.8 Å². The Balaban J connectivity index is 1.75. The second-order valence-corrected chi connectivity index (χ2v) is 7.40. The number of methoxy groups -OCH3 is 1. The van der Waals surface area contributed by atoms with Crippen LogP contribution in [0.4, 0.5) is 0 Å². The maximum Gasteiger partial charge on any atom is 0.231 e. The first-order valence-electron chi connectivity index (χ1n) is 9.87. The monoisotopic (exact) mass is 396 g/mol. The van der Waals surface area contributed by atoms with Crippen molar-refractivity contribution < 1.29 is 14.3 Å². The Kier molecular flexibility index (Phi) is 7.19. The third-order valence-electron chi connectivity index (χ3n) is 5.16. The number of carbonyl (C=O) groups excluding carboxylic acids is 2. The number of aromatic nitrogens is 1. The molecule has 0 spiro atoms. The van der Waals surface area contributed by atoms with E-state index >= 15 is 0 Å². The standard InChI is InChI=1S/C22H28N4O3/c1-29-20-9-7-17(8-10-20)13-26(15-19-6-2-3-11-24-19)22(28)18-5-4-12-25(14-18)16-21(23)27/h2-3,6-11,18H,4-5,12-16H2,1H3,(H2,23,27). The van der Waals surface area contributed by atoms with Crippen LogP contribution in [0.15, 0.2) is 48.7 Å². The van der Waals surface area contributed by atoms with Gasteiger partial charge in [-0.2, -0.15) is 0 Å². The molecule has 0 radical (unpaired) electrons. The molecule has 3 rings (SSSR count). The molecule has 1 fully saturated rings. The number of hydrogen-bond acceptors (Lipinski definition) is 5. The lowest BCUT2D eigenvalue weighted by molar-refractivity contribution is -0.139. The van der Waals surface area contributed by atoms with Crippen molar-refractivity contribution in [1.29, 1.82) is 0 Å². The van der Waals surface area contributed by atoms with Crippen molar-refractivity contribution in [3.05, 3.63) is 59.9 Å². The predicted molar refractivity (Wildman–Crippen MR) is 110 cm³/mol. The van der Waals surface area contributed by atoms with Crippen molar-refractivity contribution in [3.63, 3.8) is 0 Å². The van der Waals surface area contributed by atoms with E-state index in [-0.39, 0.29) is 24.3 Å². The smallest absolute Gasteiger partial charge is 0.231 e. The number of nitrogens with zero attached hydrogens (tertiary/aromatic N) is 3. The molecule has 0 bridgehead atoms. The number of rotatable bonds is 8. The topological polar surface area (TPSA) is 88.8 Å². The first-order valence-corrected chi connectivity index (χ1v) is 9.87. The van der Waals surface area contributed by atoms with Gasteiger partial charge in [0.25, 0.3) is 0 Å². The molecular weight excluding hydrogens is 368 g/mol. The third kappa shape index (κ3) is 6.02. The van der Waals surface area contributed by atoms with E-state index in [0.29, 0.717) is 19.6 Å². The van der Waals surface area contributed by atoms with Crippen LogP contribution in [0.25, 0.3) is 0 Å². The van der Waals surface area contributed by atoms with Gasteiger partial charge in [0.1, 0.15) is 5.75 Å². The summed E-state index contributed by atoms with van der Waals surface area (Å²) in [5.41, 5.74) is 7.21. The molecule has 29 heavy (non-hydrogen) atoms. The molecule has 1 aromatic heterocycles. The summed E-state index contributed by atoms with van der Waals surface area (Å²) in [5, 5.41) is 0. The summed E-state index contributed by atoms with van der Waals surface area (Å²) < 4.78 is 5.22. The Morgan fingerprint density at radius 3 is 2.66 bits per heavy atom. The third-order valence-corrected chi connectivity index (χ3v) is 5.16. The second kappa shape index (κ2) is 10.0. The van der Waals surface area contributed by atoms with Crippen LogP contribution < -0.4 is 10.5 Å². The molecule has 1 saturated heterocycles. The van der Waals surface area contributed by atoms with Gasteiger partial charge in [0, 0.05) is 19.3 Å². The van der Waals surface area contributed by atoms with Crippen LogP contribution in [0.1, 0.15) is 24.1 Å². The van der Waals surface area contributed by atoms with Gasteiger partial charge < -0.3 is 15.4 Å². The van der Waals surface area contributed by atoms with Crippen LogP contribution in [-0.2, 0) is 22.7 Å². The maximum atomic E-state index is 13.4. The zero-order valence-electron chi connectivity index (χ0n) is 16.8. The molecule has 1 unspecified atom stereocenters. The predicted octanol–water partition coefficient (Wildman–Crippen LogP) is 1.82. The fourth-order valence-electron chi connectivity index (χ4n) is 3.73. The largest absolute Gasteiger partial charge is 0.497 e. The molecule has 2 heterocycles. The van der Waals surface area contributed by atoms with Gasteiger partial charge in [-0.1, -0.05) is 18.2 Å². The van der Waals surface area contributed by atoms with Crippen LogP contribution in [0, 0.1) is 5.92 Å². The highest BCUT2D eigenvalue weighted by molar-refractivity contribution is 5.79. The molecule has 1 aliphatic heterocycles. The quantitative estimate of drug-likeness (QED) is 0.735. The van der Waals surface area contributed by atoms with E-state index in [1.54, 1.807) is 13.3 Å². The number of likely N-dealkylation sites (tertiary alicyclic amines) is 1. The average Bonchev–Trinajstić information content (AvgIpc) is 2.74. The first kappa shape index (κ1) is 20.8. The zero-order valence-corrected chi connectivity index (χ0v) is 16.8. The van der Waals surface area contributed by atoms with Crippen molar-refractivity contribution in [3.8, 4) is 5.75 Å². The van der Waals surface area contributed by atoms with Crippen LogP contribution in [-0.4, -0.2) is 53.3 Å². The molecule has 7 heteroatoms. The van der Waals surface area contributed by atoms with E-state index < -0.39 is 0 Å². The van der Waals surface area contributed by atoms with Gasteiger partial charge >= 0.3 is 0 Å². The molecule has 7 nitrogen and oxygen atoms in total. The molecule has 154 valence electrons. The Labute approximate surface area is 171 Å². The Bertz CT molecular complexity index is 811. The highest BCUT2D eigenvalue weighted by Gasteiger charge is 2.30. The zero-order chi connectivity index (χ0) is 20.6. The summed E-state index contributed by atoms with van der Waals surface area (Å²) in [6.07, 6.45) is 3.43. The lowest BCUT2D eigenvalue weighted by Gasteiger charge is -2.34. The molecule has 1 aromatic carbocycles.